The number of quaternary nitrogens is 1. The number of nitrogens with zero attached hydrogens (tertiary/aromatic N) is 2. The third-order valence-electron chi connectivity index (χ3n) is 5.64. The number of para-hydroxylation sites is 1. The Balaban J connectivity index is 1.75. The number of carbonyl (C=O) groups is 1. The van der Waals surface area contributed by atoms with Crippen LogP contribution >= 0.6 is 0 Å². The summed E-state index contributed by atoms with van der Waals surface area (Å²) in [6.45, 7) is 12.5. The van der Waals surface area contributed by atoms with E-state index in [1.807, 2.05) is 78.4 Å². The van der Waals surface area contributed by atoms with E-state index < -0.39 is 5.60 Å². The Morgan fingerprint density at radius 2 is 1.75 bits per heavy atom. The van der Waals surface area contributed by atoms with Crippen LogP contribution in [0.2, 0.25) is 0 Å². The lowest BCUT2D eigenvalue weighted by Crippen LogP contribution is -2.54. The molecule has 0 aromatic heterocycles. The van der Waals surface area contributed by atoms with E-state index >= 15 is 0 Å². The molecule has 0 aliphatic carbocycles. The average molecular weight is 434 g/mol. The molecule has 0 N–H and O–H groups in total. The van der Waals surface area contributed by atoms with Gasteiger partial charge in [-0.1, -0.05) is 12.1 Å². The van der Waals surface area contributed by atoms with Crippen molar-refractivity contribution in [2.45, 2.75) is 71.8 Å². The van der Waals surface area contributed by atoms with Crippen LogP contribution in [-0.4, -0.2) is 29.4 Å². The maximum Gasteiger partial charge on any atom is 0.366 e. The van der Waals surface area contributed by atoms with Crippen molar-refractivity contribution in [3.63, 3.8) is 0 Å². The van der Waals surface area contributed by atoms with Crippen molar-refractivity contribution in [2.75, 3.05) is 0 Å². The van der Waals surface area contributed by atoms with E-state index in [1.54, 1.807) is 0 Å². The van der Waals surface area contributed by atoms with E-state index in [-0.39, 0.29) is 17.6 Å². The summed E-state index contributed by atoms with van der Waals surface area (Å²) >= 11 is 0. The number of hydrogen-bond donors (Lipinski definition) is 0. The van der Waals surface area contributed by atoms with Crippen molar-refractivity contribution in [1.29, 1.82) is 0 Å². The van der Waals surface area contributed by atoms with Crippen LogP contribution < -0.4 is 9.22 Å². The van der Waals surface area contributed by atoms with Gasteiger partial charge in [-0.15, -0.1) is 0 Å². The topological polar surface area (TPSA) is 47.9 Å². The second kappa shape index (κ2) is 7.89. The highest BCUT2D eigenvalue weighted by atomic mass is 16.6. The minimum absolute atomic E-state index is 0.182. The van der Waals surface area contributed by atoms with Crippen molar-refractivity contribution in [2.24, 2.45) is 4.99 Å². The number of hydrogen-bond acceptors (Lipinski definition) is 4. The van der Waals surface area contributed by atoms with Gasteiger partial charge < -0.3 is 9.47 Å². The average Bonchev–Trinajstić information content (AvgIpc) is 2.87. The Morgan fingerprint density at radius 3 is 2.41 bits per heavy atom. The maximum absolute atomic E-state index is 13.4. The van der Waals surface area contributed by atoms with E-state index in [1.165, 1.54) is 5.56 Å². The molecule has 2 atom stereocenters. The first-order chi connectivity index (χ1) is 15.0. The minimum Gasteiger partial charge on any atom is -0.488 e. The number of aliphatic imine (C=N–C) groups is 1. The molecule has 4 rings (SSSR count). The molecule has 32 heavy (non-hydrogen) atoms. The van der Waals surface area contributed by atoms with E-state index in [0.29, 0.717) is 17.4 Å². The molecule has 2 aliphatic heterocycles. The van der Waals surface area contributed by atoms with Gasteiger partial charge in [-0.2, -0.15) is 0 Å². The molecule has 2 heterocycles. The fourth-order valence-corrected chi connectivity index (χ4v) is 4.58. The summed E-state index contributed by atoms with van der Waals surface area (Å²) in [5, 5.41) is 0. The van der Waals surface area contributed by atoms with Gasteiger partial charge >= 0.3 is 5.97 Å². The molecule has 2 aliphatic rings. The number of esters is 1. The normalized spacial score (nSPS) is 21.8. The van der Waals surface area contributed by atoms with Gasteiger partial charge in [0.2, 0.25) is 6.04 Å². The summed E-state index contributed by atoms with van der Waals surface area (Å²) in [5.74, 6) is 0.654. The molecule has 0 spiro atoms. The van der Waals surface area contributed by atoms with Gasteiger partial charge in [0.1, 0.15) is 29.7 Å². The van der Waals surface area contributed by atoms with Crippen LogP contribution in [0, 0.1) is 0 Å². The quantitative estimate of drug-likeness (QED) is 0.470. The van der Waals surface area contributed by atoms with Crippen LogP contribution in [-0.2, 0) is 22.5 Å². The van der Waals surface area contributed by atoms with Crippen LogP contribution in [0.5, 0.6) is 5.75 Å². The van der Waals surface area contributed by atoms with E-state index in [2.05, 4.69) is 29.3 Å². The molecule has 0 saturated carbocycles. The summed E-state index contributed by atoms with van der Waals surface area (Å²) in [6, 6.07) is 14.0. The van der Waals surface area contributed by atoms with Crippen LogP contribution in [0.3, 0.4) is 0 Å². The molecule has 0 saturated heterocycles. The van der Waals surface area contributed by atoms with Crippen molar-refractivity contribution in [1.82, 2.24) is 4.48 Å². The maximum atomic E-state index is 13.4. The Labute approximate surface area is 191 Å². The fourth-order valence-electron chi connectivity index (χ4n) is 4.58. The molecule has 2 aromatic carbocycles. The Hall–Kier alpha value is -2.92. The van der Waals surface area contributed by atoms with Gasteiger partial charge in [0.15, 0.2) is 5.69 Å². The first-order valence-electron chi connectivity index (χ1n) is 11.2. The summed E-state index contributed by atoms with van der Waals surface area (Å²) in [6.07, 6.45) is 6.38. The van der Waals surface area contributed by atoms with Gasteiger partial charge in [-0.25, -0.2) is 9.28 Å². The lowest BCUT2D eigenvalue weighted by atomic mass is 10.1. The van der Waals surface area contributed by atoms with Crippen LogP contribution in [0.25, 0.3) is 0 Å². The zero-order valence-corrected chi connectivity index (χ0v) is 19.9. The minimum atomic E-state index is -0.545. The number of ether oxygens (including phenoxy) is 2. The Bertz CT molecular complexity index is 1070. The molecular weight excluding hydrogens is 400 g/mol. The highest BCUT2D eigenvalue weighted by Crippen LogP contribution is 2.45. The molecule has 2 aromatic rings. The van der Waals surface area contributed by atoms with Crippen molar-refractivity contribution >= 4 is 17.9 Å². The molecular formula is C27H33N2O3+. The van der Waals surface area contributed by atoms with Crippen molar-refractivity contribution in [3.05, 3.63) is 71.6 Å². The largest absolute Gasteiger partial charge is 0.488 e. The first kappa shape index (κ1) is 22.3. The predicted octanol–water partition coefficient (Wildman–Crippen LogP) is 5.54. The zero-order valence-electron chi connectivity index (χ0n) is 19.9. The third-order valence-corrected chi connectivity index (χ3v) is 5.64. The van der Waals surface area contributed by atoms with Gasteiger partial charge in [-0.05, 0) is 71.9 Å². The molecule has 0 radical (unpaired) electrons. The molecule has 0 amide bonds. The smallest absolute Gasteiger partial charge is 0.366 e. The first-order valence-corrected chi connectivity index (χ1v) is 11.2. The van der Waals surface area contributed by atoms with Gasteiger partial charge in [-0.3, -0.25) is 4.99 Å². The summed E-state index contributed by atoms with van der Waals surface area (Å²) < 4.78 is 12.2. The lowest BCUT2D eigenvalue weighted by Gasteiger charge is -2.36. The van der Waals surface area contributed by atoms with Crippen molar-refractivity contribution < 1.29 is 14.3 Å². The van der Waals surface area contributed by atoms with E-state index in [4.69, 9.17) is 9.47 Å². The van der Waals surface area contributed by atoms with E-state index in [0.717, 1.165) is 22.6 Å². The van der Waals surface area contributed by atoms with Crippen molar-refractivity contribution in [3.8, 4) is 5.75 Å². The Morgan fingerprint density at radius 1 is 1.03 bits per heavy atom. The lowest BCUT2D eigenvalue weighted by molar-refractivity contribution is -0.159. The number of rotatable bonds is 4. The van der Waals surface area contributed by atoms with Crippen LogP contribution in [0.4, 0.5) is 5.69 Å². The monoisotopic (exact) mass is 433 g/mol. The zero-order chi connectivity index (χ0) is 23.1. The number of benzene rings is 2. The summed E-state index contributed by atoms with van der Waals surface area (Å²) in [5.41, 5.74) is 3.68. The molecule has 0 fully saturated rings. The second-order valence-electron chi connectivity index (χ2n) is 10.6. The van der Waals surface area contributed by atoms with Gasteiger partial charge in [0, 0.05) is 23.8 Å². The third kappa shape index (κ3) is 4.49. The molecule has 5 heteroatoms. The second-order valence-corrected chi connectivity index (χ2v) is 10.6. The SMILES string of the molecule is CC(C)(C)OC(=O)C1Cc2cccc3c2[N@@+]1(Cc1ccc(OC(C)(C)C)cc1)C=CN=C3. The van der Waals surface area contributed by atoms with Crippen LogP contribution in [0.15, 0.2) is 59.9 Å². The fraction of sp³-hybridized carbons (Fsp3) is 0.407. The standard InChI is InChI=1S/C27H33N2O3/c1-26(2,3)31-22-12-10-19(11-13-22)18-29-15-14-28-17-21-9-7-8-20(24(21)29)16-23(29)25(30)32-27(4,5)6/h7-15,17,23H,16,18H2,1-6H3/q+1/t23?,29-/m1/s1. The summed E-state index contributed by atoms with van der Waals surface area (Å²) in [7, 11) is 0. The van der Waals surface area contributed by atoms with Gasteiger partial charge in [0.25, 0.3) is 0 Å². The Kier molecular flexibility index (Phi) is 5.49. The van der Waals surface area contributed by atoms with E-state index in [9.17, 15) is 4.79 Å². The number of carbonyl (C=O) groups excluding carboxylic acids is 1. The predicted molar refractivity (Wildman–Crippen MR) is 129 cm³/mol. The van der Waals surface area contributed by atoms with Gasteiger partial charge in [0.05, 0.1) is 11.8 Å². The highest BCUT2D eigenvalue weighted by molar-refractivity contribution is 5.94. The summed E-state index contributed by atoms with van der Waals surface area (Å²) in [4.78, 5) is 17.9. The molecule has 168 valence electrons. The van der Waals surface area contributed by atoms with Crippen LogP contribution in [0.1, 0.15) is 58.2 Å². The highest BCUT2D eigenvalue weighted by Gasteiger charge is 2.52. The molecule has 5 nitrogen and oxygen atoms in total. The molecule has 0 bridgehead atoms. The molecule has 1 unspecified atom stereocenters.